The second-order valence-electron chi connectivity index (χ2n) is 12.5. The number of anilines is 2. The fourth-order valence-electron chi connectivity index (χ4n) is 5.91. The van der Waals surface area contributed by atoms with Crippen LogP contribution in [0.3, 0.4) is 0 Å². The highest BCUT2D eigenvalue weighted by Crippen LogP contribution is 2.40. The minimum absolute atomic E-state index is 0.236. The van der Waals surface area contributed by atoms with Crippen LogP contribution in [0, 0.1) is 0 Å². The number of methoxy groups -OCH3 is 8. The lowest BCUT2D eigenvalue weighted by Gasteiger charge is -2.21. The smallest absolute Gasteiger partial charge is 0.260 e. The summed E-state index contributed by atoms with van der Waals surface area (Å²) in [5, 5.41) is 5.05. The molecule has 0 aliphatic heterocycles. The summed E-state index contributed by atoms with van der Waals surface area (Å²) in [5.41, 5.74) is 4.42. The lowest BCUT2D eigenvalue weighted by atomic mass is 10.1. The summed E-state index contributed by atoms with van der Waals surface area (Å²) in [6.45, 7) is 1.45. The SMILES string of the molecule is COCCN(C(=O)c1cc(OC)c(OC)c(OC)c1)c1nc(-c2ccccc2)cs1.COCCN(C(=O)c1cc(OC)c(OC)c(OC)c1)c1nc(-c2ccccc2)cs1. The van der Waals surface area contributed by atoms with Crippen molar-refractivity contribution in [2.45, 2.75) is 0 Å². The topological polar surface area (TPSA) is 140 Å². The molecular formula is C44H48N4O10S2. The largest absolute Gasteiger partial charge is 0.493 e. The first-order chi connectivity index (χ1) is 29.2. The van der Waals surface area contributed by atoms with Crippen molar-refractivity contribution in [2.24, 2.45) is 0 Å². The number of hydrogen-bond acceptors (Lipinski definition) is 14. The van der Waals surface area contributed by atoms with Gasteiger partial charge in [-0.15, -0.1) is 22.7 Å². The van der Waals surface area contributed by atoms with Gasteiger partial charge in [-0.2, -0.15) is 0 Å². The maximum absolute atomic E-state index is 13.4. The summed E-state index contributed by atoms with van der Waals surface area (Å²) in [6, 6.07) is 26.2. The van der Waals surface area contributed by atoms with Gasteiger partial charge in [0.05, 0.1) is 80.3 Å². The van der Waals surface area contributed by atoms with E-state index in [0.29, 0.717) is 82.2 Å². The molecule has 60 heavy (non-hydrogen) atoms. The maximum atomic E-state index is 13.4. The molecule has 316 valence electrons. The molecule has 0 fully saturated rings. The van der Waals surface area contributed by atoms with E-state index >= 15 is 0 Å². The summed E-state index contributed by atoms with van der Waals surface area (Å²) in [6.07, 6.45) is 0. The highest BCUT2D eigenvalue weighted by atomic mass is 32.1. The molecule has 0 N–H and O–H groups in total. The number of ether oxygens (including phenoxy) is 8. The Labute approximate surface area is 357 Å². The second-order valence-corrected chi connectivity index (χ2v) is 14.2. The molecule has 6 rings (SSSR count). The van der Waals surface area contributed by atoms with Gasteiger partial charge in [-0.3, -0.25) is 19.4 Å². The van der Waals surface area contributed by atoms with Crippen LogP contribution in [0.25, 0.3) is 22.5 Å². The fourth-order valence-corrected chi connectivity index (χ4v) is 7.63. The van der Waals surface area contributed by atoms with Gasteiger partial charge < -0.3 is 37.9 Å². The molecule has 6 aromatic rings. The van der Waals surface area contributed by atoms with Gasteiger partial charge in [0.25, 0.3) is 11.8 Å². The van der Waals surface area contributed by atoms with Crippen LogP contribution < -0.4 is 38.2 Å². The number of hydrogen-bond donors (Lipinski definition) is 0. The maximum Gasteiger partial charge on any atom is 0.260 e. The molecule has 0 bridgehead atoms. The van der Waals surface area contributed by atoms with Crippen LogP contribution in [-0.2, 0) is 9.47 Å². The number of amides is 2. The van der Waals surface area contributed by atoms with Crippen molar-refractivity contribution in [3.8, 4) is 57.0 Å². The summed E-state index contributed by atoms with van der Waals surface area (Å²) in [5.74, 6) is 2.04. The highest BCUT2D eigenvalue weighted by molar-refractivity contribution is 7.14. The lowest BCUT2D eigenvalue weighted by Crippen LogP contribution is -2.34. The van der Waals surface area contributed by atoms with E-state index in [-0.39, 0.29) is 11.8 Å². The van der Waals surface area contributed by atoms with Crippen LogP contribution in [-0.4, -0.2) is 105 Å². The summed E-state index contributed by atoms with van der Waals surface area (Å²) < 4.78 is 42.7. The Balaban J connectivity index is 0.000000228. The monoisotopic (exact) mass is 856 g/mol. The van der Waals surface area contributed by atoms with E-state index in [1.165, 1.54) is 65.3 Å². The van der Waals surface area contributed by atoms with Crippen molar-refractivity contribution in [2.75, 3.05) is 93.0 Å². The Morgan fingerprint density at radius 1 is 0.500 bits per heavy atom. The van der Waals surface area contributed by atoms with Crippen LogP contribution in [0.1, 0.15) is 20.7 Å². The molecule has 0 radical (unpaired) electrons. The zero-order valence-corrected chi connectivity index (χ0v) is 36.4. The predicted octanol–water partition coefficient (Wildman–Crippen LogP) is 8.26. The highest BCUT2D eigenvalue weighted by Gasteiger charge is 2.26. The molecule has 0 spiro atoms. The Bertz CT molecular complexity index is 2090. The third kappa shape index (κ3) is 10.7. The Kier molecular flexibility index (Phi) is 16.6. The minimum Gasteiger partial charge on any atom is -0.493 e. The van der Waals surface area contributed by atoms with E-state index in [4.69, 9.17) is 37.9 Å². The molecule has 2 aromatic heterocycles. The van der Waals surface area contributed by atoms with Gasteiger partial charge in [0.15, 0.2) is 33.3 Å². The first kappa shape index (κ1) is 44.9. The fraction of sp³-hybridized carbons (Fsp3) is 0.273. The lowest BCUT2D eigenvalue weighted by molar-refractivity contribution is 0.0968. The van der Waals surface area contributed by atoms with E-state index in [2.05, 4.69) is 9.97 Å². The molecule has 0 unspecified atom stereocenters. The number of thiazole rings is 2. The van der Waals surface area contributed by atoms with Crippen LogP contribution in [0.4, 0.5) is 10.3 Å². The molecule has 14 nitrogen and oxygen atoms in total. The predicted molar refractivity (Wildman–Crippen MR) is 234 cm³/mol. The third-order valence-electron chi connectivity index (χ3n) is 8.94. The van der Waals surface area contributed by atoms with Gasteiger partial charge in [-0.05, 0) is 24.3 Å². The van der Waals surface area contributed by atoms with Crippen molar-refractivity contribution < 1.29 is 47.5 Å². The third-order valence-corrected chi connectivity index (χ3v) is 10.7. The van der Waals surface area contributed by atoms with E-state index < -0.39 is 0 Å². The Hall–Kier alpha value is -6.20. The molecule has 2 amide bonds. The van der Waals surface area contributed by atoms with Gasteiger partial charge in [0.2, 0.25) is 11.5 Å². The van der Waals surface area contributed by atoms with Crippen LogP contribution >= 0.6 is 22.7 Å². The van der Waals surface area contributed by atoms with E-state index in [9.17, 15) is 9.59 Å². The Morgan fingerprint density at radius 3 is 1.12 bits per heavy atom. The first-order valence-corrected chi connectivity index (χ1v) is 20.2. The van der Waals surface area contributed by atoms with Crippen molar-refractivity contribution in [1.29, 1.82) is 0 Å². The molecular weight excluding hydrogens is 809 g/mol. The zero-order valence-electron chi connectivity index (χ0n) is 34.8. The van der Waals surface area contributed by atoms with Crippen LogP contribution in [0.2, 0.25) is 0 Å². The average Bonchev–Trinajstić information content (AvgIpc) is 4.00. The van der Waals surface area contributed by atoms with Crippen molar-refractivity contribution in [3.63, 3.8) is 0 Å². The normalized spacial score (nSPS) is 10.5. The van der Waals surface area contributed by atoms with Gasteiger partial charge in [-0.1, -0.05) is 60.7 Å². The summed E-state index contributed by atoms with van der Waals surface area (Å²) in [7, 11) is 12.3. The van der Waals surface area contributed by atoms with E-state index in [0.717, 1.165) is 22.5 Å². The van der Waals surface area contributed by atoms with Gasteiger partial charge in [0.1, 0.15) is 0 Å². The standard InChI is InChI=1S/2C22H24N2O5S/c2*1-26-11-10-24(22-23-17(14-30-22)15-8-6-5-7-9-15)21(25)16-12-18(27-2)20(29-4)19(13-16)28-3/h2*5-9,12-14H,10-11H2,1-4H3. The molecule has 0 saturated carbocycles. The molecule has 2 heterocycles. The number of rotatable bonds is 18. The quantitative estimate of drug-likeness (QED) is 0.0822. The summed E-state index contributed by atoms with van der Waals surface area (Å²) >= 11 is 2.81. The van der Waals surface area contributed by atoms with E-state index in [1.54, 1.807) is 48.3 Å². The zero-order chi connectivity index (χ0) is 43.0. The van der Waals surface area contributed by atoms with Crippen molar-refractivity contribution >= 4 is 44.8 Å². The molecule has 4 aromatic carbocycles. The molecule has 0 saturated heterocycles. The summed E-state index contributed by atoms with van der Waals surface area (Å²) in [4.78, 5) is 39.4. The van der Waals surface area contributed by atoms with Crippen LogP contribution in [0.15, 0.2) is 95.7 Å². The number of aromatic nitrogens is 2. The van der Waals surface area contributed by atoms with Gasteiger partial charge >= 0.3 is 0 Å². The molecule has 0 aliphatic rings. The molecule has 16 heteroatoms. The Morgan fingerprint density at radius 2 is 0.833 bits per heavy atom. The van der Waals surface area contributed by atoms with Crippen LogP contribution in [0.5, 0.6) is 34.5 Å². The number of carbonyl (C=O) groups is 2. The van der Waals surface area contributed by atoms with E-state index in [1.807, 2.05) is 71.4 Å². The first-order valence-electron chi connectivity index (χ1n) is 18.5. The van der Waals surface area contributed by atoms with Gasteiger partial charge in [-0.25, -0.2) is 9.97 Å². The molecule has 0 atom stereocenters. The van der Waals surface area contributed by atoms with Crippen molar-refractivity contribution in [3.05, 3.63) is 107 Å². The number of nitrogens with zero attached hydrogens (tertiary/aromatic N) is 4. The van der Waals surface area contributed by atoms with Gasteiger partial charge in [0, 0.05) is 47.2 Å². The average molecular weight is 857 g/mol. The number of carbonyl (C=O) groups excluding carboxylic acids is 2. The minimum atomic E-state index is -0.236. The number of benzene rings is 4. The van der Waals surface area contributed by atoms with Crippen molar-refractivity contribution in [1.82, 2.24) is 9.97 Å². The second kappa shape index (κ2) is 22.2. The molecule has 0 aliphatic carbocycles.